The molecule has 1 aromatic rings. The van der Waals surface area contributed by atoms with Gasteiger partial charge in [-0.25, -0.2) is 4.98 Å². The summed E-state index contributed by atoms with van der Waals surface area (Å²) < 4.78 is 5.42. The largest absolute Gasteiger partial charge is 0.381 e. The SMILES string of the molecule is Cc1cc(C)c(CN)c(N(C)C2CCOCC2)n1. The van der Waals surface area contributed by atoms with Crippen molar-refractivity contribution in [1.82, 2.24) is 4.98 Å². The van der Waals surface area contributed by atoms with Crippen molar-refractivity contribution in [3.8, 4) is 0 Å². The molecule has 0 saturated carbocycles. The number of nitrogens with zero attached hydrogens (tertiary/aromatic N) is 2. The molecule has 0 aromatic carbocycles. The second-order valence-electron chi connectivity index (χ2n) is 5.04. The quantitative estimate of drug-likeness (QED) is 0.887. The minimum Gasteiger partial charge on any atom is -0.381 e. The molecular formula is C14H23N3O. The minimum atomic E-state index is 0.512. The van der Waals surface area contributed by atoms with E-state index in [1.54, 1.807) is 0 Å². The summed E-state index contributed by atoms with van der Waals surface area (Å²) in [4.78, 5) is 6.97. The van der Waals surface area contributed by atoms with Crippen LogP contribution in [0.3, 0.4) is 0 Å². The topological polar surface area (TPSA) is 51.4 Å². The monoisotopic (exact) mass is 249 g/mol. The highest BCUT2D eigenvalue weighted by molar-refractivity contribution is 5.51. The highest BCUT2D eigenvalue weighted by Crippen LogP contribution is 2.25. The van der Waals surface area contributed by atoms with E-state index in [0.29, 0.717) is 12.6 Å². The predicted octanol–water partition coefficient (Wildman–Crippen LogP) is 1.77. The first-order valence-corrected chi connectivity index (χ1v) is 6.61. The lowest BCUT2D eigenvalue weighted by atomic mass is 10.0. The van der Waals surface area contributed by atoms with Crippen molar-refractivity contribution in [2.45, 2.75) is 39.3 Å². The fraction of sp³-hybridized carbons (Fsp3) is 0.643. The third-order valence-corrected chi connectivity index (χ3v) is 3.73. The lowest BCUT2D eigenvalue weighted by molar-refractivity contribution is 0.0853. The van der Waals surface area contributed by atoms with Crippen LogP contribution in [0.4, 0.5) is 5.82 Å². The summed E-state index contributed by atoms with van der Waals surface area (Å²) in [6, 6.07) is 2.61. The number of aromatic nitrogens is 1. The number of aryl methyl sites for hydroxylation is 2. The van der Waals surface area contributed by atoms with Gasteiger partial charge >= 0.3 is 0 Å². The van der Waals surface area contributed by atoms with E-state index < -0.39 is 0 Å². The number of hydrogen-bond acceptors (Lipinski definition) is 4. The molecule has 1 fully saturated rings. The predicted molar refractivity (Wildman–Crippen MR) is 73.8 cm³/mol. The molecule has 0 radical (unpaired) electrons. The van der Waals surface area contributed by atoms with Gasteiger partial charge in [0.15, 0.2) is 0 Å². The molecule has 1 aliphatic rings. The van der Waals surface area contributed by atoms with Crippen molar-refractivity contribution in [1.29, 1.82) is 0 Å². The number of ether oxygens (including phenoxy) is 1. The Labute approximate surface area is 109 Å². The second kappa shape index (κ2) is 5.67. The van der Waals surface area contributed by atoms with E-state index in [4.69, 9.17) is 10.5 Å². The maximum atomic E-state index is 5.88. The van der Waals surface area contributed by atoms with Crippen LogP contribution in [-0.2, 0) is 11.3 Å². The Bertz CT molecular complexity index is 414. The number of hydrogen-bond donors (Lipinski definition) is 1. The molecule has 1 aliphatic heterocycles. The molecular weight excluding hydrogens is 226 g/mol. The average Bonchev–Trinajstić information content (AvgIpc) is 2.38. The summed E-state index contributed by atoms with van der Waals surface area (Å²) in [6.45, 7) is 6.38. The Balaban J connectivity index is 2.30. The van der Waals surface area contributed by atoms with Crippen molar-refractivity contribution >= 4 is 5.82 Å². The zero-order chi connectivity index (χ0) is 13.1. The van der Waals surface area contributed by atoms with Crippen molar-refractivity contribution < 1.29 is 4.74 Å². The third kappa shape index (κ3) is 2.65. The molecule has 18 heavy (non-hydrogen) atoms. The number of rotatable bonds is 3. The fourth-order valence-electron chi connectivity index (χ4n) is 2.63. The van der Waals surface area contributed by atoms with Crippen LogP contribution in [0.2, 0.25) is 0 Å². The van der Waals surface area contributed by atoms with Gasteiger partial charge in [0.2, 0.25) is 0 Å². The fourth-order valence-corrected chi connectivity index (χ4v) is 2.63. The van der Waals surface area contributed by atoms with Crippen LogP contribution in [0, 0.1) is 13.8 Å². The Kier molecular flexibility index (Phi) is 4.19. The van der Waals surface area contributed by atoms with Crippen molar-refractivity contribution in [3.63, 3.8) is 0 Å². The molecule has 0 spiro atoms. The summed E-state index contributed by atoms with van der Waals surface area (Å²) in [7, 11) is 2.12. The summed E-state index contributed by atoms with van der Waals surface area (Å²) >= 11 is 0. The number of anilines is 1. The average molecular weight is 249 g/mol. The van der Waals surface area contributed by atoms with Crippen LogP contribution >= 0.6 is 0 Å². The van der Waals surface area contributed by atoms with Crippen LogP contribution in [-0.4, -0.2) is 31.3 Å². The molecule has 0 aliphatic carbocycles. The van der Waals surface area contributed by atoms with E-state index in [1.165, 1.54) is 5.56 Å². The first-order chi connectivity index (χ1) is 8.63. The first-order valence-electron chi connectivity index (χ1n) is 6.61. The van der Waals surface area contributed by atoms with Crippen LogP contribution in [0.1, 0.15) is 29.7 Å². The molecule has 0 atom stereocenters. The third-order valence-electron chi connectivity index (χ3n) is 3.73. The molecule has 2 N–H and O–H groups in total. The van der Waals surface area contributed by atoms with Gasteiger partial charge in [0, 0.05) is 44.1 Å². The zero-order valence-electron chi connectivity index (χ0n) is 11.6. The Hall–Kier alpha value is -1.13. The van der Waals surface area contributed by atoms with Gasteiger partial charge in [0.05, 0.1) is 0 Å². The van der Waals surface area contributed by atoms with Gasteiger partial charge < -0.3 is 15.4 Å². The molecule has 2 heterocycles. The molecule has 4 nitrogen and oxygen atoms in total. The molecule has 1 aromatic heterocycles. The van der Waals surface area contributed by atoms with Gasteiger partial charge in [0.1, 0.15) is 5.82 Å². The van der Waals surface area contributed by atoms with Crippen LogP contribution in [0.15, 0.2) is 6.07 Å². The van der Waals surface area contributed by atoms with E-state index in [-0.39, 0.29) is 0 Å². The maximum absolute atomic E-state index is 5.88. The summed E-state index contributed by atoms with van der Waals surface area (Å²) in [6.07, 6.45) is 2.13. The number of pyridine rings is 1. The van der Waals surface area contributed by atoms with Crippen LogP contribution < -0.4 is 10.6 Å². The van der Waals surface area contributed by atoms with Crippen LogP contribution in [0.5, 0.6) is 0 Å². The highest BCUT2D eigenvalue weighted by atomic mass is 16.5. The molecule has 0 unspecified atom stereocenters. The van der Waals surface area contributed by atoms with Crippen molar-refractivity contribution in [2.24, 2.45) is 5.73 Å². The lowest BCUT2D eigenvalue weighted by Gasteiger charge is -2.33. The van der Waals surface area contributed by atoms with Crippen LogP contribution in [0.25, 0.3) is 0 Å². The maximum Gasteiger partial charge on any atom is 0.133 e. The van der Waals surface area contributed by atoms with E-state index in [0.717, 1.165) is 43.1 Å². The highest BCUT2D eigenvalue weighted by Gasteiger charge is 2.22. The van der Waals surface area contributed by atoms with Gasteiger partial charge in [-0.3, -0.25) is 0 Å². The minimum absolute atomic E-state index is 0.512. The normalized spacial score (nSPS) is 16.9. The van der Waals surface area contributed by atoms with E-state index in [1.807, 2.05) is 6.92 Å². The summed E-state index contributed by atoms with van der Waals surface area (Å²) in [5.74, 6) is 1.04. The molecule has 2 rings (SSSR count). The van der Waals surface area contributed by atoms with Gasteiger partial charge in [-0.15, -0.1) is 0 Å². The summed E-state index contributed by atoms with van der Waals surface area (Å²) in [5.41, 5.74) is 9.33. The first kappa shape index (κ1) is 13.3. The number of nitrogens with two attached hydrogens (primary N) is 1. The molecule has 0 bridgehead atoms. The van der Waals surface area contributed by atoms with E-state index in [9.17, 15) is 0 Å². The van der Waals surface area contributed by atoms with Crippen molar-refractivity contribution in [2.75, 3.05) is 25.2 Å². The molecule has 1 saturated heterocycles. The second-order valence-corrected chi connectivity index (χ2v) is 5.04. The lowest BCUT2D eigenvalue weighted by Crippen LogP contribution is -2.38. The van der Waals surface area contributed by atoms with Gasteiger partial charge in [-0.1, -0.05) is 0 Å². The van der Waals surface area contributed by atoms with Gasteiger partial charge in [-0.2, -0.15) is 0 Å². The molecule has 4 heteroatoms. The Morgan fingerprint density at radius 2 is 2.06 bits per heavy atom. The molecule has 0 amide bonds. The van der Waals surface area contributed by atoms with Crippen molar-refractivity contribution in [3.05, 3.63) is 22.9 Å². The van der Waals surface area contributed by atoms with Gasteiger partial charge in [-0.05, 0) is 38.3 Å². The summed E-state index contributed by atoms with van der Waals surface area (Å²) in [5, 5.41) is 0. The smallest absolute Gasteiger partial charge is 0.133 e. The van der Waals surface area contributed by atoms with E-state index in [2.05, 4.69) is 29.9 Å². The van der Waals surface area contributed by atoms with E-state index >= 15 is 0 Å². The Morgan fingerprint density at radius 3 is 2.67 bits per heavy atom. The zero-order valence-corrected chi connectivity index (χ0v) is 11.6. The molecule has 100 valence electrons. The standard InChI is InChI=1S/C14H23N3O/c1-10-8-11(2)16-14(13(10)9-15)17(3)12-4-6-18-7-5-12/h8,12H,4-7,9,15H2,1-3H3. The Morgan fingerprint density at radius 1 is 1.39 bits per heavy atom. The van der Waals surface area contributed by atoms with Gasteiger partial charge in [0.25, 0.3) is 0 Å².